The third-order valence-corrected chi connectivity index (χ3v) is 3.86. The molecule has 0 aliphatic rings. The number of amides is 1. The third-order valence-electron chi connectivity index (χ3n) is 3.36. The molecule has 0 fully saturated rings. The van der Waals surface area contributed by atoms with Crippen molar-refractivity contribution in [3.8, 4) is 11.5 Å². The summed E-state index contributed by atoms with van der Waals surface area (Å²) in [5.74, 6) is 1.04. The van der Waals surface area contributed by atoms with Gasteiger partial charge in [-0.2, -0.15) is 0 Å². The van der Waals surface area contributed by atoms with E-state index in [0.717, 1.165) is 9.86 Å². The van der Waals surface area contributed by atoms with E-state index in [0.29, 0.717) is 22.8 Å². The number of hydrogen-bond acceptors (Lipinski definition) is 4. The molecule has 0 aliphatic carbocycles. The van der Waals surface area contributed by atoms with Crippen LogP contribution in [0.5, 0.6) is 11.5 Å². The van der Waals surface area contributed by atoms with E-state index in [1.807, 2.05) is 18.2 Å². The highest BCUT2D eigenvalue weighted by atomic mass is 79.9. The first-order valence-electron chi connectivity index (χ1n) is 6.83. The maximum absolute atomic E-state index is 12.4. The molecule has 1 aromatic heterocycles. The molecule has 0 aliphatic heterocycles. The van der Waals surface area contributed by atoms with Crippen LogP contribution in [0.15, 0.2) is 51.4 Å². The molecular weight excluding hydrogens is 362 g/mol. The number of anilines is 1. The SMILES string of the molecule is COc1ccc(NC(=O)c2cc3ccc(Br)cc3o2)c(OC)c1. The van der Waals surface area contributed by atoms with Crippen molar-refractivity contribution < 1.29 is 18.7 Å². The summed E-state index contributed by atoms with van der Waals surface area (Å²) in [7, 11) is 3.10. The summed E-state index contributed by atoms with van der Waals surface area (Å²) in [6, 6.07) is 12.5. The van der Waals surface area contributed by atoms with Crippen LogP contribution in [0.2, 0.25) is 0 Å². The van der Waals surface area contributed by atoms with Crippen molar-refractivity contribution in [3.05, 3.63) is 52.7 Å². The Morgan fingerprint density at radius 1 is 1.09 bits per heavy atom. The number of methoxy groups -OCH3 is 2. The summed E-state index contributed by atoms with van der Waals surface area (Å²) in [5, 5.41) is 3.64. The van der Waals surface area contributed by atoms with Gasteiger partial charge >= 0.3 is 0 Å². The van der Waals surface area contributed by atoms with Gasteiger partial charge < -0.3 is 19.2 Å². The van der Waals surface area contributed by atoms with Gasteiger partial charge in [0.15, 0.2) is 5.76 Å². The first-order chi connectivity index (χ1) is 11.1. The quantitative estimate of drug-likeness (QED) is 0.730. The zero-order valence-electron chi connectivity index (χ0n) is 12.6. The molecular formula is C17H14BrNO4. The molecule has 0 saturated heterocycles. The molecule has 5 nitrogen and oxygen atoms in total. The van der Waals surface area contributed by atoms with Crippen molar-refractivity contribution >= 4 is 38.5 Å². The van der Waals surface area contributed by atoms with E-state index in [-0.39, 0.29) is 11.7 Å². The molecule has 1 amide bonds. The van der Waals surface area contributed by atoms with Crippen molar-refractivity contribution in [1.82, 2.24) is 0 Å². The second kappa shape index (κ2) is 6.34. The van der Waals surface area contributed by atoms with Gasteiger partial charge in [0.25, 0.3) is 5.91 Å². The Morgan fingerprint density at radius 2 is 1.91 bits per heavy atom. The molecule has 2 aromatic carbocycles. The lowest BCUT2D eigenvalue weighted by molar-refractivity contribution is 0.0998. The maximum Gasteiger partial charge on any atom is 0.291 e. The smallest absolute Gasteiger partial charge is 0.291 e. The van der Waals surface area contributed by atoms with Crippen LogP contribution in [0.25, 0.3) is 11.0 Å². The second-order valence-corrected chi connectivity index (χ2v) is 5.73. The van der Waals surface area contributed by atoms with Crippen molar-refractivity contribution in [1.29, 1.82) is 0 Å². The standard InChI is InChI=1S/C17H14BrNO4/c1-21-12-5-6-13(15(9-12)22-2)19-17(20)16-7-10-3-4-11(18)8-14(10)23-16/h3-9H,1-2H3,(H,19,20). The molecule has 0 unspecified atom stereocenters. The van der Waals surface area contributed by atoms with Gasteiger partial charge in [-0.3, -0.25) is 4.79 Å². The Kier molecular flexibility index (Phi) is 4.25. The van der Waals surface area contributed by atoms with Crippen molar-refractivity contribution in [2.75, 3.05) is 19.5 Å². The number of carbonyl (C=O) groups excluding carboxylic acids is 1. The Morgan fingerprint density at radius 3 is 2.65 bits per heavy atom. The minimum atomic E-state index is -0.346. The van der Waals surface area contributed by atoms with Crippen LogP contribution in [-0.4, -0.2) is 20.1 Å². The van der Waals surface area contributed by atoms with Gasteiger partial charge in [0.2, 0.25) is 0 Å². The number of furan rings is 1. The topological polar surface area (TPSA) is 60.7 Å². The average molecular weight is 376 g/mol. The third kappa shape index (κ3) is 3.17. The lowest BCUT2D eigenvalue weighted by Gasteiger charge is -2.10. The first-order valence-corrected chi connectivity index (χ1v) is 7.62. The fourth-order valence-electron chi connectivity index (χ4n) is 2.20. The highest BCUT2D eigenvalue weighted by Crippen LogP contribution is 2.30. The van der Waals surface area contributed by atoms with E-state index in [9.17, 15) is 4.79 Å². The Labute approximate surface area is 141 Å². The lowest BCUT2D eigenvalue weighted by atomic mass is 10.2. The van der Waals surface area contributed by atoms with E-state index in [2.05, 4.69) is 21.2 Å². The molecule has 0 atom stereocenters. The Hall–Kier alpha value is -2.47. The van der Waals surface area contributed by atoms with E-state index < -0.39 is 0 Å². The second-order valence-electron chi connectivity index (χ2n) is 4.81. The highest BCUT2D eigenvalue weighted by molar-refractivity contribution is 9.10. The Balaban J connectivity index is 1.88. The summed E-state index contributed by atoms with van der Waals surface area (Å²) < 4.78 is 16.9. The number of nitrogens with one attached hydrogen (secondary N) is 1. The number of benzene rings is 2. The first kappa shape index (κ1) is 15.4. The van der Waals surface area contributed by atoms with Gasteiger partial charge in [0, 0.05) is 15.9 Å². The van der Waals surface area contributed by atoms with Crippen molar-refractivity contribution in [2.45, 2.75) is 0 Å². The van der Waals surface area contributed by atoms with Crippen LogP contribution in [-0.2, 0) is 0 Å². The van der Waals surface area contributed by atoms with E-state index in [4.69, 9.17) is 13.9 Å². The fraction of sp³-hybridized carbons (Fsp3) is 0.118. The fourth-order valence-corrected chi connectivity index (χ4v) is 2.54. The number of ether oxygens (including phenoxy) is 2. The summed E-state index contributed by atoms with van der Waals surface area (Å²) in [6.45, 7) is 0. The van der Waals surface area contributed by atoms with Crippen molar-refractivity contribution in [3.63, 3.8) is 0 Å². The van der Waals surface area contributed by atoms with Crippen LogP contribution >= 0.6 is 15.9 Å². The normalized spacial score (nSPS) is 10.6. The number of fused-ring (bicyclic) bond motifs is 1. The average Bonchev–Trinajstić information content (AvgIpc) is 2.98. The molecule has 23 heavy (non-hydrogen) atoms. The van der Waals surface area contributed by atoms with Gasteiger partial charge in [-0.05, 0) is 36.4 Å². The molecule has 1 heterocycles. The van der Waals surface area contributed by atoms with E-state index in [1.165, 1.54) is 7.11 Å². The minimum Gasteiger partial charge on any atom is -0.497 e. The summed E-state index contributed by atoms with van der Waals surface area (Å²) in [6.07, 6.45) is 0. The molecule has 0 radical (unpaired) electrons. The summed E-state index contributed by atoms with van der Waals surface area (Å²) in [5.41, 5.74) is 1.19. The molecule has 1 N–H and O–H groups in total. The molecule has 118 valence electrons. The van der Waals surface area contributed by atoms with Crippen LogP contribution in [0, 0.1) is 0 Å². The van der Waals surface area contributed by atoms with E-state index >= 15 is 0 Å². The number of rotatable bonds is 4. The van der Waals surface area contributed by atoms with E-state index in [1.54, 1.807) is 31.4 Å². The van der Waals surface area contributed by atoms with Gasteiger partial charge in [-0.1, -0.05) is 15.9 Å². The summed E-state index contributed by atoms with van der Waals surface area (Å²) in [4.78, 5) is 12.4. The predicted octanol–water partition coefficient (Wildman–Crippen LogP) is 4.46. The minimum absolute atomic E-state index is 0.232. The van der Waals surface area contributed by atoms with Crippen LogP contribution < -0.4 is 14.8 Å². The van der Waals surface area contributed by atoms with Gasteiger partial charge in [-0.25, -0.2) is 0 Å². The van der Waals surface area contributed by atoms with Crippen LogP contribution in [0.3, 0.4) is 0 Å². The zero-order chi connectivity index (χ0) is 16.4. The number of halogens is 1. The summed E-state index contributed by atoms with van der Waals surface area (Å²) >= 11 is 3.38. The van der Waals surface area contributed by atoms with Gasteiger partial charge in [0.1, 0.15) is 17.1 Å². The molecule has 0 bridgehead atoms. The lowest BCUT2D eigenvalue weighted by Crippen LogP contribution is -2.11. The highest BCUT2D eigenvalue weighted by Gasteiger charge is 2.15. The van der Waals surface area contributed by atoms with Crippen LogP contribution in [0.4, 0.5) is 5.69 Å². The monoisotopic (exact) mass is 375 g/mol. The van der Waals surface area contributed by atoms with Crippen LogP contribution in [0.1, 0.15) is 10.6 Å². The molecule has 3 aromatic rings. The largest absolute Gasteiger partial charge is 0.497 e. The Bertz CT molecular complexity index is 872. The zero-order valence-corrected chi connectivity index (χ0v) is 14.1. The molecule has 6 heteroatoms. The number of carbonyl (C=O) groups is 1. The maximum atomic E-state index is 12.4. The van der Waals surface area contributed by atoms with Gasteiger partial charge in [0.05, 0.1) is 19.9 Å². The molecule has 0 spiro atoms. The predicted molar refractivity (Wildman–Crippen MR) is 91.4 cm³/mol. The van der Waals surface area contributed by atoms with Crippen molar-refractivity contribution in [2.24, 2.45) is 0 Å². The molecule has 3 rings (SSSR count). The van der Waals surface area contributed by atoms with Gasteiger partial charge in [-0.15, -0.1) is 0 Å². The molecule has 0 saturated carbocycles. The number of hydrogen-bond donors (Lipinski definition) is 1.